The molecular formula is C6H6N3O2S. The van der Waals surface area contributed by atoms with Gasteiger partial charge in [-0.15, -0.1) is 11.3 Å². The average Bonchev–Trinajstić information content (AvgIpc) is 2.50. The van der Waals surface area contributed by atoms with Gasteiger partial charge in [0.25, 0.3) is 0 Å². The van der Waals surface area contributed by atoms with Gasteiger partial charge in [0.1, 0.15) is 12.8 Å². The second kappa shape index (κ2) is 4.45. The van der Waals surface area contributed by atoms with E-state index >= 15 is 0 Å². The molecule has 63 valence electrons. The lowest BCUT2D eigenvalue weighted by atomic mass is 10.6. The van der Waals surface area contributed by atoms with E-state index in [1.54, 1.807) is 5.38 Å². The lowest BCUT2D eigenvalue weighted by Crippen LogP contribution is -1.92. The van der Waals surface area contributed by atoms with Gasteiger partial charge in [0.2, 0.25) is 6.41 Å². The number of hydrogen-bond acceptors (Lipinski definition) is 5. The fraction of sp³-hybridized carbons (Fsp3) is 0.167. The van der Waals surface area contributed by atoms with Gasteiger partial charge in [0.05, 0.1) is 0 Å². The van der Waals surface area contributed by atoms with Crippen LogP contribution in [0.15, 0.2) is 10.5 Å². The summed E-state index contributed by atoms with van der Waals surface area (Å²) >= 11 is 1.29. The maximum Gasteiger partial charge on any atom is 0.213 e. The zero-order valence-corrected chi connectivity index (χ0v) is 7.09. The van der Waals surface area contributed by atoms with Crippen molar-refractivity contribution in [1.82, 2.24) is 4.98 Å². The number of thiazole rings is 1. The van der Waals surface area contributed by atoms with E-state index in [1.807, 2.05) is 0 Å². The first-order valence-corrected chi connectivity index (χ1v) is 3.89. The van der Waals surface area contributed by atoms with Gasteiger partial charge in [-0.1, -0.05) is 5.16 Å². The molecule has 1 amide bonds. The summed E-state index contributed by atoms with van der Waals surface area (Å²) in [5.41, 5.74) is 0.534. The van der Waals surface area contributed by atoms with Crippen LogP contribution in [0.3, 0.4) is 0 Å². The van der Waals surface area contributed by atoms with E-state index in [2.05, 4.69) is 26.5 Å². The molecule has 0 aliphatic heterocycles. The second-order valence-corrected chi connectivity index (χ2v) is 2.54. The second-order valence-electron chi connectivity index (χ2n) is 1.69. The Balaban J connectivity index is 2.63. The van der Waals surface area contributed by atoms with Crippen LogP contribution in [0.5, 0.6) is 0 Å². The zero-order chi connectivity index (χ0) is 8.81. The van der Waals surface area contributed by atoms with Gasteiger partial charge in [0, 0.05) is 5.38 Å². The molecule has 1 aromatic rings. The van der Waals surface area contributed by atoms with Crippen molar-refractivity contribution in [3.05, 3.63) is 11.1 Å². The molecule has 5 nitrogen and oxygen atoms in total. The van der Waals surface area contributed by atoms with E-state index < -0.39 is 0 Å². The first kappa shape index (κ1) is 8.66. The molecule has 0 aliphatic carbocycles. The van der Waals surface area contributed by atoms with Gasteiger partial charge in [-0.3, -0.25) is 4.79 Å². The van der Waals surface area contributed by atoms with Crippen LogP contribution in [0.2, 0.25) is 0 Å². The van der Waals surface area contributed by atoms with Crippen molar-refractivity contribution < 1.29 is 9.63 Å². The zero-order valence-electron chi connectivity index (χ0n) is 6.27. The summed E-state index contributed by atoms with van der Waals surface area (Å²) in [6, 6.07) is 0. The lowest BCUT2D eigenvalue weighted by Gasteiger charge is -1.85. The molecule has 0 aromatic carbocycles. The Morgan fingerprint density at radius 1 is 1.92 bits per heavy atom. The minimum atomic E-state index is 0.513. The van der Waals surface area contributed by atoms with Gasteiger partial charge in [-0.2, -0.15) is 0 Å². The van der Waals surface area contributed by atoms with E-state index in [0.717, 1.165) is 0 Å². The fourth-order valence-electron chi connectivity index (χ4n) is 0.534. The van der Waals surface area contributed by atoms with Gasteiger partial charge in [-0.05, 0) is 0 Å². The van der Waals surface area contributed by atoms with Crippen molar-refractivity contribution in [2.45, 2.75) is 0 Å². The van der Waals surface area contributed by atoms with Gasteiger partial charge < -0.3 is 10.2 Å². The third-order valence-corrected chi connectivity index (χ3v) is 1.71. The molecular weight excluding hydrogens is 178 g/mol. The first-order valence-electron chi connectivity index (χ1n) is 3.01. The molecule has 0 fully saturated rings. The highest BCUT2D eigenvalue weighted by atomic mass is 32.1. The topological polar surface area (TPSA) is 63.6 Å². The molecule has 6 heteroatoms. The molecule has 0 spiro atoms. The van der Waals surface area contributed by atoms with Crippen molar-refractivity contribution in [2.24, 2.45) is 5.16 Å². The summed E-state index contributed by atoms with van der Waals surface area (Å²) < 4.78 is 0. The quantitative estimate of drug-likeness (QED) is 0.422. The van der Waals surface area contributed by atoms with Gasteiger partial charge in [0.15, 0.2) is 11.3 Å². The summed E-state index contributed by atoms with van der Waals surface area (Å²) in [5, 5.41) is 8.02. The summed E-state index contributed by atoms with van der Waals surface area (Å²) in [5.74, 6) is 0. The van der Waals surface area contributed by atoms with Gasteiger partial charge >= 0.3 is 0 Å². The number of carbonyl (C=O) groups is 1. The summed E-state index contributed by atoms with van der Waals surface area (Å²) in [4.78, 5) is 18.3. The summed E-state index contributed by atoms with van der Waals surface area (Å²) in [6.45, 7) is 0. The number of anilines is 1. The van der Waals surface area contributed by atoms with Crippen LogP contribution in [0.4, 0.5) is 5.13 Å². The van der Waals surface area contributed by atoms with E-state index in [1.165, 1.54) is 18.4 Å². The normalized spacial score (nSPS) is 10.1. The Hall–Kier alpha value is -1.43. The standard InChI is InChI=1S/C6H6N3O2S/c1-11-8-2-5-3-12-6(9-5)7-4-10/h3-4H,1H3,(H,7,9,10). The molecule has 0 saturated heterocycles. The molecule has 0 unspecified atom stereocenters. The molecule has 12 heavy (non-hydrogen) atoms. The maximum atomic E-state index is 9.98. The van der Waals surface area contributed by atoms with Gasteiger partial charge in [-0.25, -0.2) is 4.98 Å². The fourth-order valence-corrected chi connectivity index (χ4v) is 1.13. The Morgan fingerprint density at radius 3 is 3.42 bits per heavy atom. The SMILES string of the molecule is CO/N=[C]/c1csc(NC=O)n1. The summed E-state index contributed by atoms with van der Waals surface area (Å²) in [7, 11) is 1.42. The Morgan fingerprint density at radius 2 is 2.75 bits per heavy atom. The number of rotatable bonds is 4. The average molecular weight is 184 g/mol. The van der Waals surface area contributed by atoms with Crippen LogP contribution in [-0.4, -0.2) is 24.7 Å². The highest BCUT2D eigenvalue weighted by Crippen LogP contribution is 2.12. The number of carbonyl (C=O) groups excluding carboxylic acids is 1. The highest BCUT2D eigenvalue weighted by Gasteiger charge is 1.97. The van der Waals surface area contributed by atoms with Crippen LogP contribution >= 0.6 is 11.3 Å². The maximum absolute atomic E-state index is 9.98. The third kappa shape index (κ3) is 2.31. The van der Waals surface area contributed by atoms with E-state index in [-0.39, 0.29) is 0 Å². The van der Waals surface area contributed by atoms with Crippen LogP contribution < -0.4 is 5.32 Å². The molecule has 1 radical (unpaired) electrons. The van der Waals surface area contributed by atoms with Crippen LogP contribution in [0, 0.1) is 0 Å². The summed E-state index contributed by atoms with van der Waals surface area (Å²) in [6.07, 6.45) is 3.08. The molecule has 0 bridgehead atoms. The molecule has 1 heterocycles. The van der Waals surface area contributed by atoms with E-state index in [0.29, 0.717) is 17.2 Å². The van der Waals surface area contributed by atoms with Crippen molar-refractivity contribution in [3.63, 3.8) is 0 Å². The molecule has 1 aromatic heterocycles. The highest BCUT2D eigenvalue weighted by molar-refractivity contribution is 7.14. The number of amides is 1. The predicted molar refractivity (Wildman–Crippen MR) is 45.3 cm³/mol. The van der Waals surface area contributed by atoms with E-state index in [9.17, 15) is 4.79 Å². The number of nitrogens with one attached hydrogen (secondary N) is 1. The van der Waals surface area contributed by atoms with Crippen LogP contribution in [0.25, 0.3) is 0 Å². The van der Waals surface area contributed by atoms with E-state index in [4.69, 9.17) is 0 Å². The number of aromatic nitrogens is 1. The predicted octanol–water partition coefficient (Wildman–Crippen LogP) is 0.569. The molecule has 1 rings (SSSR count). The molecule has 1 N–H and O–H groups in total. The Labute approximate surface area is 73.1 Å². The lowest BCUT2D eigenvalue weighted by molar-refractivity contribution is -0.105. The van der Waals surface area contributed by atoms with Crippen LogP contribution in [0.1, 0.15) is 5.69 Å². The minimum Gasteiger partial charge on any atom is -0.399 e. The minimum absolute atomic E-state index is 0.513. The van der Waals surface area contributed by atoms with Crippen molar-refractivity contribution in [2.75, 3.05) is 12.4 Å². The van der Waals surface area contributed by atoms with Crippen molar-refractivity contribution in [3.8, 4) is 0 Å². The smallest absolute Gasteiger partial charge is 0.213 e. The molecule has 0 atom stereocenters. The largest absolute Gasteiger partial charge is 0.399 e. The Kier molecular flexibility index (Phi) is 3.21. The first-order chi connectivity index (χ1) is 5.86. The van der Waals surface area contributed by atoms with Crippen molar-refractivity contribution >= 4 is 29.1 Å². The number of hydrogen-bond donors (Lipinski definition) is 1. The number of nitrogens with zero attached hydrogens (tertiary/aromatic N) is 2. The van der Waals surface area contributed by atoms with Crippen LogP contribution in [-0.2, 0) is 9.63 Å². The third-order valence-electron chi connectivity index (χ3n) is 0.938. The monoisotopic (exact) mass is 184 g/mol. The molecule has 0 aliphatic rings. The Bertz CT molecular complexity index is 284. The molecule has 0 saturated carbocycles. The van der Waals surface area contributed by atoms with Crippen molar-refractivity contribution in [1.29, 1.82) is 0 Å².